The molecule has 1 amide bonds. The Morgan fingerprint density at radius 1 is 1.10 bits per heavy atom. The SMILES string of the molecule is Cc1ccc(S(=O)(=O)CCC(=O)N(CCN(C)C)c2nc3ccc(Cl)cc3s2)cc1.Cl. The van der Waals surface area contributed by atoms with Gasteiger partial charge in [-0.25, -0.2) is 13.4 Å². The first-order valence-corrected chi connectivity index (χ1v) is 12.3. The highest BCUT2D eigenvalue weighted by molar-refractivity contribution is 7.91. The van der Waals surface area contributed by atoms with Crippen LogP contribution < -0.4 is 4.90 Å². The first kappa shape index (κ1) is 25.5. The van der Waals surface area contributed by atoms with E-state index >= 15 is 0 Å². The van der Waals surface area contributed by atoms with Gasteiger partial charge in [0.15, 0.2) is 15.0 Å². The summed E-state index contributed by atoms with van der Waals surface area (Å²) in [6.07, 6.45) is -0.111. The predicted octanol–water partition coefficient (Wildman–Crippen LogP) is 4.44. The summed E-state index contributed by atoms with van der Waals surface area (Å²) in [4.78, 5) is 21.3. The van der Waals surface area contributed by atoms with Crippen LogP contribution in [0.15, 0.2) is 47.4 Å². The van der Waals surface area contributed by atoms with Crippen molar-refractivity contribution in [3.05, 3.63) is 53.1 Å². The number of carbonyl (C=O) groups excluding carboxylic acids is 1. The van der Waals surface area contributed by atoms with Crippen molar-refractivity contribution >= 4 is 66.4 Å². The number of amides is 1. The minimum absolute atomic E-state index is 0. The zero-order valence-electron chi connectivity index (χ0n) is 17.5. The molecule has 0 radical (unpaired) electrons. The minimum atomic E-state index is -3.54. The lowest BCUT2D eigenvalue weighted by Crippen LogP contribution is -2.37. The number of benzene rings is 2. The van der Waals surface area contributed by atoms with Crippen LogP contribution in [-0.4, -0.2) is 57.1 Å². The molecule has 3 aromatic rings. The Morgan fingerprint density at radius 2 is 1.77 bits per heavy atom. The molecule has 0 aliphatic rings. The van der Waals surface area contributed by atoms with Crippen LogP contribution >= 0.6 is 35.3 Å². The average molecular weight is 502 g/mol. The third-order valence-corrected chi connectivity index (χ3v) is 7.61. The van der Waals surface area contributed by atoms with E-state index in [0.29, 0.717) is 23.2 Å². The number of hydrogen-bond acceptors (Lipinski definition) is 6. The maximum Gasteiger partial charge on any atom is 0.229 e. The Labute approximate surface area is 198 Å². The zero-order valence-corrected chi connectivity index (χ0v) is 20.7. The van der Waals surface area contributed by atoms with Gasteiger partial charge in [0, 0.05) is 24.5 Å². The van der Waals surface area contributed by atoms with Crippen molar-refractivity contribution < 1.29 is 13.2 Å². The molecule has 0 saturated heterocycles. The highest BCUT2D eigenvalue weighted by Gasteiger charge is 2.23. The summed E-state index contributed by atoms with van der Waals surface area (Å²) in [7, 11) is 0.297. The molecule has 10 heteroatoms. The van der Waals surface area contributed by atoms with Crippen molar-refractivity contribution in [2.75, 3.05) is 37.8 Å². The highest BCUT2D eigenvalue weighted by atomic mass is 35.5. The van der Waals surface area contributed by atoms with Crippen molar-refractivity contribution in [3.8, 4) is 0 Å². The van der Waals surface area contributed by atoms with E-state index in [0.717, 1.165) is 15.8 Å². The smallest absolute Gasteiger partial charge is 0.229 e. The Morgan fingerprint density at radius 3 is 2.42 bits per heavy atom. The number of aromatic nitrogens is 1. The van der Waals surface area contributed by atoms with Crippen molar-refractivity contribution in [2.24, 2.45) is 0 Å². The Bertz CT molecular complexity index is 1150. The molecular weight excluding hydrogens is 477 g/mol. The maximum atomic E-state index is 13.0. The van der Waals surface area contributed by atoms with Gasteiger partial charge in [0.25, 0.3) is 0 Å². The van der Waals surface area contributed by atoms with Gasteiger partial charge in [0.2, 0.25) is 5.91 Å². The van der Waals surface area contributed by atoms with E-state index in [1.54, 1.807) is 35.2 Å². The molecule has 168 valence electrons. The fraction of sp³-hybridized carbons (Fsp3) is 0.333. The van der Waals surface area contributed by atoms with Gasteiger partial charge in [0.05, 0.1) is 20.9 Å². The number of fused-ring (bicyclic) bond motifs is 1. The van der Waals surface area contributed by atoms with E-state index in [2.05, 4.69) is 4.98 Å². The number of aryl methyl sites for hydroxylation is 1. The van der Waals surface area contributed by atoms with Crippen molar-refractivity contribution in [1.29, 1.82) is 0 Å². The number of anilines is 1. The molecule has 0 bridgehead atoms. The van der Waals surface area contributed by atoms with Crippen LogP contribution in [0.1, 0.15) is 12.0 Å². The second-order valence-corrected chi connectivity index (χ2v) is 10.9. The normalized spacial score (nSPS) is 11.5. The fourth-order valence-electron chi connectivity index (χ4n) is 2.85. The molecule has 1 heterocycles. The molecule has 0 unspecified atom stereocenters. The summed E-state index contributed by atoms with van der Waals surface area (Å²) in [6.45, 7) is 2.95. The predicted molar refractivity (Wildman–Crippen MR) is 131 cm³/mol. The summed E-state index contributed by atoms with van der Waals surface area (Å²) >= 11 is 7.44. The van der Waals surface area contributed by atoms with Crippen LogP contribution in [0, 0.1) is 6.92 Å². The Kier molecular flexibility index (Phi) is 8.85. The standard InChI is InChI=1S/C21H24ClN3O3S2.ClH/c1-15-4-7-17(8-5-15)30(27,28)13-10-20(26)25(12-11-24(2)3)21-23-18-9-6-16(22)14-19(18)29-21;/h4-9,14H,10-13H2,1-3H3;1H. The van der Waals surface area contributed by atoms with E-state index in [9.17, 15) is 13.2 Å². The monoisotopic (exact) mass is 501 g/mol. The molecule has 1 aromatic heterocycles. The minimum Gasteiger partial charge on any atom is -0.308 e. The first-order valence-electron chi connectivity index (χ1n) is 9.46. The molecule has 0 aliphatic heterocycles. The third-order valence-electron chi connectivity index (χ3n) is 4.61. The number of likely N-dealkylation sites (N-methyl/N-ethyl adjacent to an activating group) is 1. The van der Waals surface area contributed by atoms with Crippen LogP contribution in [0.4, 0.5) is 5.13 Å². The summed E-state index contributed by atoms with van der Waals surface area (Å²) in [5, 5.41) is 1.15. The third kappa shape index (κ3) is 6.63. The number of nitrogens with zero attached hydrogens (tertiary/aromatic N) is 3. The molecule has 0 fully saturated rings. The van der Waals surface area contributed by atoms with E-state index < -0.39 is 9.84 Å². The van der Waals surface area contributed by atoms with Crippen LogP contribution in [0.25, 0.3) is 10.2 Å². The summed E-state index contributed by atoms with van der Waals surface area (Å²) in [5.41, 5.74) is 1.74. The van der Waals surface area contributed by atoms with Crippen LogP contribution in [0.5, 0.6) is 0 Å². The number of hydrogen-bond donors (Lipinski definition) is 0. The van der Waals surface area contributed by atoms with Gasteiger partial charge in [-0.05, 0) is 51.4 Å². The van der Waals surface area contributed by atoms with E-state index in [1.165, 1.54) is 11.3 Å². The van der Waals surface area contributed by atoms with Crippen LogP contribution in [0.3, 0.4) is 0 Å². The fourth-order valence-corrected chi connectivity index (χ4v) is 5.36. The summed E-state index contributed by atoms with van der Waals surface area (Å²) in [5.74, 6) is -0.512. The highest BCUT2D eigenvalue weighted by Crippen LogP contribution is 2.31. The maximum absolute atomic E-state index is 13.0. The van der Waals surface area contributed by atoms with Gasteiger partial charge in [-0.1, -0.05) is 40.6 Å². The van der Waals surface area contributed by atoms with Crippen LogP contribution in [-0.2, 0) is 14.6 Å². The molecule has 31 heavy (non-hydrogen) atoms. The van der Waals surface area contributed by atoms with Gasteiger partial charge < -0.3 is 4.90 Å². The Hall–Kier alpha value is -1.71. The number of thiazole rings is 1. The van der Waals surface area contributed by atoms with Crippen LogP contribution in [0.2, 0.25) is 5.02 Å². The van der Waals surface area contributed by atoms with Crippen molar-refractivity contribution in [1.82, 2.24) is 9.88 Å². The first-order chi connectivity index (χ1) is 14.2. The molecule has 0 saturated carbocycles. The number of sulfone groups is 1. The molecule has 2 aromatic carbocycles. The number of rotatable bonds is 8. The Balaban J connectivity index is 0.00000341. The number of halogens is 2. The second kappa shape index (κ2) is 10.7. The molecule has 0 aliphatic carbocycles. The number of carbonyl (C=O) groups is 1. The molecule has 3 rings (SSSR count). The van der Waals surface area contributed by atoms with Gasteiger partial charge in [-0.15, -0.1) is 12.4 Å². The lowest BCUT2D eigenvalue weighted by Gasteiger charge is -2.22. The van der Waals surface area contributed by atoms with Crippen molar-refractivity contribution in [3.63, 3.8) is 0 Å². The quantitative estimate of drug-likeness (QED) is 0.456. The molecule has 0 N–H and O–H groups in total. The van der Waals surface area contributed by atoms with Gasteiger partial charge in [-0.3, -0.25) is 9.69 Å². The topological polar surface area (TPSA) is 70.6 Å². The van der Waals surface area contributed by atoms with E-state index in [1.807, 2.05) is 38.1 Å². The van der Waals surface area contributed by atoms with Crippen molar-refractivity contribution in [2.45, 2.75) is 18.2 Å². The largest absolute Gasteiger partial charge is 0.308 e. The molecular formula is C21H25Cl2N3O3S2. The lowest BCUT2D eigenvalue weighted by molar-refractivity contribution is -0.118. The van der Waals surface area contributed by atoms with Gasteiger partial charge in [-0.2, -0.15) is 0 Å². The molecule has 6 nitrogen and oxygen atoms in total. The molecule has 0 spiro atoms. The zero-order chi connectivity index (χ0) is 21.9. The van der Waals surface area contributed by atoms with Gasteiger partial charge in [0.1, 0.15) is 0 Å². The second-order valence-electron chi connectivity index (χ2n) is 7.34. The lowest BCUT2D eigenvalue weighted by atomic mass is 10.2. The summed E-state index contributed by atoms with van der Waals surface area (Å²) < 4.78 is 26.2. The van der Waals surface area contributed by atoms with E-state index in [-0.39, 0.29) is 35.4 Å². The van der Waals surface area contributed by atoms with Gasteiger partial charge >= 0.3 is 0 Å². The molecule has 0 atom stereocenters. The van der Waals surface area contributed by atoms with E-state index in [4.69, 9.17) is 11.6 Å². The average Bonchev–Trinajstić information content (AvgIpc) is 3.09. The summed E-state index contributed by atoms with van der Waals surface area (Å²) in [6, 6.07) is 12.1.